The standard InChI is InChI=1S/C21H29NO2/c1-3-5-7-11-17-12-8-9-15-20(17)24-21-18(22-16-6-4-2)13-10-14-19(21)23/h8-10,12-15,22-23H,3-7,11,16H2,1-2H3. The van der Waals surface area contributed by atoms with E-state index in [1.54, 1.807) is 6.07 Å². The van der Waals surface area contributed by atoms with Crippen LogP contribution in [-0.4, -0.2) is 11.7 Å². The Labute approximate surface area is 145 Å². The van der Waals surface area contributed by atoms with E-state index < -0.39 is 0 Å². The largest absolute Gasteiger partial charge is 0.504 e. The van der Waals surface area contributed by atoms with Crippen molar-refractivity contribution in [3.8, 4) is 17.2 Å². The van der Waals surface area contributed by atoms with Crippen LogP contribution < -0.4 is 10.1 Å². The van der Waals surface area contributed by atoms with Crippen LogP contribution in [0.25, 0.3) is 0 Å². The van der Waals surface area contributed by atoms with Crippen molar-refractivity contribution >= 4 is 5.69 Å². The average molecular weight is 327 g/mol. The van der Waals surface area contributed by atoms with Gasteiger partial charge in [0, 0.05) is 6.54 Å². The Bertz CT molecular complexity index is 625. The summed E-state index contributed by atoms with van der Waals surface area (Å²) in [5, 5.41) is 13.6. The predicted molar refractivity (Wildman–Crippen MR) is 101 cm³/mol. The molecule has 0 aliphatic carbocycles. The van der Waals surface area contributed by atoms with Crippen molar-refractivity contribution in [3.05, 3.63) is 48.0 Å². The molecule has 0 amide bonds. The fourth-order valence-corrected chi connectivity index (χ4v) is 2.66. The van der Waals surface area contributed by atoms with Crippen molar-refractivity contribution in [2.45, 2.75) is 52.4 Å². The van der Waals surface area contributed by atoms with Crippen LogP contribution >= 0.6 is 0 Å². The van der Waals surface area contributed by atoms with Crippen molar-refractivity contribution in [2.75, 3.05) is 11.9 Å². The van der Waals surface area contributed by atoms with Crippen LogP contribution in [0.3, 0.4) is 0 Å². The molecule has 0 atom stereocenters. The zero-order chi connectivity index (χ0) is 17.2. The van der Waals surface area contributed by atoms with E-state index in [0.717, 1.165) is 43.7 Å². The first-order chi connectivity index (χ1) is 11.8. The predicted octanol–water partition coefficient (Wildman–Crippen LogP) is 6.13. The summed E-state index contributed by atoms with van der Waals surface area (Å²) in [6, 6.07) is 13.6. The Balaban J connectivity index is 2.18. The van der Waals surface area contributed by atoms with E-state index >= 15 is 0 Å². The molecule has 130 valence electrons. The normalized spacial score (nSPS) is 10.6. The maximum absolute atomic E-state index is 10.2. The summed E-state index contributed by atoms with van der Waals surface area (Å²) in [6.07, 6.45) is 6.78. The number of ether oxygens (including phenoxy) is 1. The zero-order valence-electron chi connectivity index (χ0n) is 14.8. The number of nitrogens with one attached hydrogen (secondary N) is 1. The van der Waals surface area contributed by atoms with Crippen LogP contribution in [0.5, 0.6) is 17.2 Å². The van der Waals surface area contributed by atoms with E-state index in [2.05, 4.69) is 25.2 Å². The molecular weight excluding hydrogens is 298 g/mol. The van der Waals surface area contributed by atoms with Gasteiger partial charge in [-0.15, -0.1) is 0 Å². The SMILES string of the molecule is CCCCCc1ccccc1Oc1c(O)cccc1NCCCC. The quantitative estimate of drug-likeness (QED) is 0.516. The second-order valence-corrected chi connectivity index (χ2v) is 6.10. The molecule has 3 heteroatoms. The molecule has 2 aromatic rings. The Morgan fingerprint density at radius 2 is 1.71 bits per heavy atom. The van der Waals surface area contributed by atoms with Crippen molar-refractivity contribution in [1.82, 2.24) is 0 Å². The lowest BCUT2D eigenvalue weighted by atomic mass is 10.1. The number of benzene rings is 2. The van der Waals surface area contributed by atoms with E-state index in [-0.39, 0.29) is 5.75 Å². The number of rotatable bonds is 10. The Kier molecular flexibility index (Phi) is 7.47. The zero-order valence-corrected chi connectivity index (χ0v) is 14.8. The molecule has 3 nitrogen and oxygen atoms in total. The Morgan fingerprint density at radius 1 is 0.917 bits per heavy atom. The lowest BCUT2D eigenvalue weighted by molar-refractivity contribution is 0.410. The molecule has 0 saturated heterocycles. The molecule has 0 bridgehead atoms. The highest BCUT2D eigenvalue weighted by molar-refractivity contribution is 5.64. The van der Waals surface area contributed by atoms with Crippen LogP contribution in [0.15, 0.2) is 42.5 Å². The summed E-state index contributed by atoms with van der Waals surface area (Å²) in [5.41, 5.74) is 2.03. The fourth-order valence-electron chi connectivity index (χ4n) is 2.66. The van der Waals surface area contributed by atoms with Crippen molar-refractivity contribution in [2.24, 2.45) is 0 Å². The van der Waals surface area contributed by atoms with Crippen molar-refractivity contribution in [1.29, 1.82) is 0 Å². The summed E-state index contributed by atoms with van der Waals surface area (Å²) < 4.78 is 6.12. The molecule has 0 fully saturated rings. The molecule has 2 N–H and O–H groups in total. The topological polar surface area (TPSA) is 41.5 Å². The van der Waals surface area contributed by atoms with Gasteiger partial charge in [-0.05, 0) is 43.0 Å². The van der Waals surface area contributed by atoms with Gasteiger partial charge in [-0.3, -0.25) is 0 Å². The molecule has 0 radical (unpaired) electrons. The number of aromatic hydroxyl groups is 1. The van der Waals surface area contributed by atoms with E-state index in [0.29, 0.717) is 5.75 Å². The highest BCUT2D eigenvalue weighted by atomic mass is 16.5. The van der Waals surface area contributed by atoms with Gasteiger partial charge in [0.15, 0.2) is 11.5 Å². The lowest BCUT2D eigenvalue weighted by Gasteiger charge is -2.16. The minimum atomic E-state index is 0.167. The van der Waals surface area contributed by atoms with Crippen LogP contribution in [0.1, 0.15) is 51.5 Å². The van der Waals surface area contributed by atoms with Gasteiger partial charge in [-0.25, -0.2) is 0 Å². The van der Waals surface area contributed by atoms with Gasteiger partial charge in [0.1, 0.15) is 5.75 Å². The van der Waals surface area contributed by atoms with Gasteiger partial charge in [0.2, 0.25) is 0 Å². The van der Waals surface area contributed by atoms with Crippen LogP contribution in [0.2, 0.25) is 0 Å². The minimum Gasteiger partial charge on any atom is -0.504 e. The number of para-hydroxylation sites is 2. The Morgan fingerprint density at radius 3 is 2.50 bits per heavy atom. The van der Waals surface area contributed by atoms with Gasteiger partial charge >= 0.3 is 0 Å². The second kappa shape index (κ2) is 9.86. The van der Waals surface area contributed by atoms with Gasteiger partial charge in [-0.1, -0.05) is 57.4 Å². The molecule has 0 saturated carbocycles. The molecule has 0 aromatic heterocycles. The monoisotopic (exact) mass is 327 g/mol. The number of unbranched alkanes of at least 4 members (excludes halogenated alkanes) is 3. The summed E-state index contributed by atoms with van der Waals surface area (Å²) in [6.45, 7) is 5.24. The number of anilines is 1. The van der Waals surface area contributed by atoms with Gasteiger partial charge in [0.05, 0.1) is 5.69 Å². The molecule has 2 rings (SSSR count). The number of phenolic OH excluding ortho intramolecular Hbond substituents is 1. The summed E-state index contributed by atoms with van der Waals surface area (Å²) in [7, 11) is 0. The fraction of sp³-hybridized carbons (Fsp3) is 0.429. The second-order valence-electron chi connectivity index (χ2n) is 6.10. The molecular formula is C21H29NO2. The lowest BCUT2D eigenvalue weighted by Crippen LogP contribution is -2.03. The van der Waals surface area contributed by atoms with E-state index in [1.165, 1.54) is 18.4 Å². The Hall–Kier alpha value is -2.16. The smallest absolute Gasteiger partial charge is 0.192 e. The minimum absolute atomic E-state index is 0.167. The number of hydrogen-bond acceptors (Lipinski definition) is 3. The third-order valence-electron chi connectivity index (χ3n) is 4.07. The summed E-state index contributed by atoms with van der Waals surface area (Å²) >= 11 is 0. The van der Waals surface area contributed by atoms with Crippen molar-refractivity contribution < 1.29 is 9.84 Å². The van der Waals surface area contributed by atoms with Gasteiger partial charge in [0.25, 0.3) is 0 Å². The highest BCUT2D eigenvalue weighted by Gasteiger charge is 2.12. The molecule has 0 heterocycles. The van der Waals surface area contributed by atoms with Gasteiger partial charge in [-0.2, -0.15) is 0 Å². The molecule has 2 aromatic carbocycles. The molecule has 24 heavy (non-hydrogen) atoms. The van der Waals surface area contributed by atoms with Crippen LogP contribution in [0, 0.1) is 0 Å². The number of phenols is 1. The summed E-state index contributed by atoms with van der Waals surface area (Å²) in [4.78, 5) is 0. The maximum Gasteiger partial charge on any atom is 0.192 e. The average Bonchev–Trinajstić information content (AvgIpc) is 2.59. The van der Waals surface area contributed by atoms with Gasteiger partial charge < -0.3 is 15.2 Å². The number of hydrogen-bond donors (Lipinski definition) is 2. The van der Waals surface area contributed by atoms with Crippen LogP contribution in [-0.2, 0) is 6.42 Å². The first kappa shape index (κ1) is 18.2. The molecule has 0 unspecified atom stereocenters. The highest BCUT2D eigenvalue weighted by Crippen LogP contribution is 2.39. The summed E-state index contributed by atoms with van der Waals surface area (Å²) in [5.74, 6) is 1.50. The third-order valence-corrected chi connectivity index (χ3v) is 4.07. The first-order valence-corrected chi connectivity index (χ1v) is 9.07. The van der Waals surface area contributed by atoms with Crippen LogP contribution in [0.4, 0.5) is 5.69 Å². The third kappa shape index (κ3) is 5.19. The molecule has 0 aliphatic rings. The van der Waals surface area contributed by atoms with E-state index in [9.17, 15) is 5.11 Å². The molecule has 0 spiro atoms. The maximum atomic E-state index is 10.2. The molecule has 0 aliphatic heterocycles. The first-order valence-electron chi connectivity index (χ1n) is 9.07. The van der Waals surface area contributed by atoms with E-state index in [1.807, 2.05) is 30.3 Å². The van der Waals surface area contributed by atoms with Crippen molar-refractivity contribution in [3.63, 3.8) is 0 Å². The number of aryl methyl sites for hydroxylation is 1. The van der Waals surface area contributed by atoms with E-state index in [4.69, 9.17) is 4.74 Å².